The standard InChI is InChI=1S/C23H26N2O4.ClH/c1-4-28-20-12-15-14-24-23(22-18(26)9-6-10-19(22)27-3)16-8-7-11-25(16)17(15)13-21(20)29-5-2;/h6-13,23-24,26H,4-5,14H2,1-3H3;1H. The molecule has 3 aromatic rings. The van der Waals surface area contributed by atoms with E-state index >= 15 is 0 Å². The van der Waals surface area contributed by atoms with Crippen LogP contribution in [0, 0.1) is 0 Å². The maximum Gasteiger partial charge on any atom is 0.163 e. The van der Waals surface area contributed by atoms with Crippen molar-refractivity contribution in [2.45, 2.75) is 26.4 Å². The number of aromatic nitrogens is 1. The van der Waals surface area contributed by atoms with Crippen LogP contribution in [-0.2, 0) is 6.54 Å². The molecule has 0 spiro atoms. The summed E-state index contributed by atoms with van der Waals surface area (Å²) in [5.41, 5.74) is 3.85. The Morgan fingerprint density at radius 1 is 1.03 bits per heavy atom. The minimum Gasteiger partial charge on any atom is -0.507 e. The SMILES string of the molecule is CCOc1cc2c(cc1OCC)-n1cccc1C(c1c(O)cccc1OC)NC2.Cl. The highest BCUT2D eigenvalue weighted by molar-refractivity contribution is 5.85. The van der Waals surface area contributed by atoms with Crippen LogP contribution >= 0.6 is 12.4 Å². The molecule has 0 aliphatic carbocycles. The van der Waals surface area contributed by atoms with E-state index in [-0.39, 0.29) is 24.2 Å². The van der Waals surface area contributed by atoms with Crippen molar-refractivity contribution in [1.29, 1.82) is 0 Å². The van der Waals surface area contributed by atoms with E-state index in [1.165, 1.54) is 0 Å². The molecule has 6 nitrogen and oxygen atoms in total. The minimum absolute atomic E-state index is 0. The molecule has 7 heteroatoms. The van der Waals surface area contributed by atoms with Gasteiger partial charge in [0, 0.05) is 24.5 Å². The lowest BCUT2D eigenvalue weighted by molar-refractivity contribution is 0.287. The van der Waals surface area contributed by atoms with Crippen molar-refractivity contribution < 1.29 is 19.3 Å². The van der Waals surface area contributed by atoms with Gasteiger partial charge < -0.3 is 29.2 Å². The topological polar surface area (TPSA) is 64.9 Å². The molecule has 4 rings (SSSR count). The zero-order valence-corrected chi connectivity index (χ0v) is 18.2. The van der Waals surface area contributed by atoms with Crippen molar-refractivity contribution in [3.63, 3.8) is 0 Å². The van der Waals surface area contributed by atoms with E-state index in [1.807, 2.05) is 44.3 Å². The second kappa shape index (κ2) is 9.32. The third kappa shape index (κ3) is 3.80. The van der Waals surface area contributed by atoms with E-state index in [4.69, 9.17) is 14.2 Å². The van der Waals surface area contributed by atoms with Crippen molar-refractivity contribution in [2.75, 3.05) is 20.3 Å². The van der Waals surface area contributed by atoms with Crippen molar-refractivity contribution >= 4 is 12.4 Å². The van der Waals surface area contributed by atoms with Crippen LogP contribution in [0.25, 0.3) is 5.69 Å². The molecule has 0 saturated carbocycles. The maximum absolute atomic E-state index is 10.6. The average Bonchev–Trinajstić information content (AvgIpc) is 3.15. The Morgan fingerprint density at radius 3 is 2.47 bits per heavy atom. The number of nitrogens with zero attached hydrogens (tertiary/aromatic N) is 1. The van der Waals surface area contributed by atoms with E-state index in [1.54, 1.807) is 19.2 Å². The van der Waals surface area contributed by atoms with Crippen LogP contribution in [0.2, 0.25) is 0 Å². The lowest BCUT2D eigenvalue weighted by Crippen LogP contribution is -2.22. The third-order valence-electron chi connectivity index (χ3n) is 5.13. The molecule has 160 valence electrons. The molecule has 0 fully saturated rings. The molecular formula is C23H27ClN2O4. The molecule has 30 heavy (non-hydrogen) atoms. The highest BCUT2D eigenvalue weighted by Crippen LogP contribution is 2.41. The van der Waals surface area contributed by atoms with Gasteiger partial charge in [-0.3, -0.25) is 0 Å². The molecule has 0 bridgehead atoms. The molecular weight excluding hydrogens is 404 g/mol. The first-order valence-electron chi connectivity index (χ1n) is 9.87. The van der Waals surface area contributed by atoms with E-state index in [9.17, 15) is 5.11 Å². The Labute approximate surface area is 182 Å². The summed E-state index contributed by atoms with van der Waals surface area (Å²) < 4.78 is 19.3. The van der Waals surface area contributed by atoms with Crippen LogP contribution in [0.3, 0.4) is 0 Å². The van der Waals surface area contributed by atoms with Gasteiger partial charge in [-0.05, 0) is 49.7 Å². The fourth-order valence-corrected chi connectivity index (χ4v) is 3.91. The summed E-state index contributed by atoms with van der Waals surface area (Å²) >= 11 is 0. The van der Waals surface area contributed by atoms with Gasteiger partial charge in [0.05, 0.1) is 37.6 Å². The Kier molecular flexibility index (Phi) is 6.80. The average molecular weight is 431 g/mol. The molecule has 1 aliphatic rings. The predicted molar refractivity (Wildman–Crippen MR) is 119 cm³/mol. The number of ether oxygens (including phenoxy) is 3. The number of hydrogen-bond acceptors (Lipinski definition) is 5. The number of aromatic hydroxyl groups is 1. The number of methoxy groups -OCH3 is 1. The summed E-state index contributed by atoms with van der Waals surface area (Å²) in [7, 11) is 1.62. The molecule has 2 heterocycles. The molecule has 2 aromatic carbocycles. The van der Waals surface area contributed by atoms with Crippen LogP contribution in [-0.4, -0.2) is 30.0 Å². The van der Waals surface area contributed by atoms with Gasteiger partial charge >= 0.3 is 0 Å². The van der Waals surface area contributed by atoms with Crippen molar-refractivity contribution in [3.05, 3.63) is 65.5 Å². The number of fused-ring (bicyclic) bond motifs is 3. The number of phenols is 1. The minimum atomic E-state index is -0.236. The predicted octanol–water partition coefficient (Wildman–Crippen LogP) is 4.60. The van der Waals surface area contributed by atoms with Gasteiger partial charge in [0.2, 0.25) is 0 Å². The van der Waals surface area contributed by atoms with Crippen molar-refractivity contribution in [1.82, 2.24) is 9.88 Å². The second-order valence-electron chi connectivity index (χ2n) is 6.80. The van der Waals surface area contributed by atoms with Gasteiger partial charge in [-0.2, -0.15) is 0 Å². The molecule has 2 N–H and O–H groups in total. The molecule has 0 saturated heterocycles. The van der Waals surface area contributed by atoms with Gasteiger partial charge in [-0.25, -0.2) is 0 Å². The summed E-state index contributed by atoms with van der Waals surface area (Å²) in [5.74, 6) is 2.31. The number of nitrogens with one attached hydrogen (secondary N) is 1. The van der Waals surface area contributed by atoms with Gasteiger partial charge in [-0.1, -0.05) is 6.07 Å². The molecule has 1 unspecified atom stereocenters. The van der Waals surface area contributed by atoms with Crippen LogP contribution < -0.4 is 19.5 Å². The van der Waals surface area contributed by atoms with E-state index < -0.39 is 0 Å². The highest BCUT2D eigenvalue weighted by Gasteiger charge is 2.28. The van der Waals surface area contributed by atoms with Gasteiger partial charge in [0.25, 0.3) is 0 Å². The Bertz CT molecular complexity index is 1020. The monoisotopic (exact) mass is 430 g/mol. The first-order chi connectivity index (χ1) is 14.2. The normalized spacial score (nSPS) is 14.7. The summed E-state index contributed by atoms with van der Waals surface area (Å²) in [5, 5.41) is 14.2. The van der Waals surface area contributed by atoms with Crippen molar-refractivity contribution in [3.8, 4) is 28.7 Å². The molecule has 0 amide bonds. The fraction of sp³-hybridized carbons (Fsp3) is 0.304. The van der Waals surface area contributed by atoms with Crippen LogP contribution in [0.15, 0.2) is 48.7 Å². The summed E-state index contributed by atoms with van der Waals surface area (Å²) in [6.45, 7) is 5.66. The van der Waals surface area contributed by atoms with Gasteiger partial charge in [0.15, 0.2) is 11.5 Å². The molecule has 0 radical (unpaired) electrons. The van der Waals surface area contributed by atoms with Crippen LogP contribution in [0.5, 0.6) is 23.0 Å². The Hall–Kier alpha value is -2.83. The molecule has 1 aliphatic heterocycles. The summed E-state index contributed by atoms with van der Waals surface area (Å²) in [6.07, 6.45) is 2.02. The van der Waals surface area contributed by atoms with Crippen LogP contribution in [0.4, 0.5) is 0 Å². The Morgan fingerprint density at radius 2 is 1.77 bits per heavy atom. The number of rotatable bonds is 6. The first-order valence-corrected chi connectivity index (χ1v) is 9.87. The zero-order chi connectivity index (χ0) is 20.4. The lowest BCUT2D eigenvalue weighted by Gasteiger charge is -2.21. The van der Waals surface area contributed by atoms with E-state index in [2.05, 4.69) is 16.0 Å². The number of benzene rings is 2. The molecule has 1 atom stereocenters. The number of halogens is 1. The highest BCUT2D eigenvalue weighted by atomic mass is 35.5. The van der Waals surface area contributed by atoms with Crippen LogP contribution in [0.1, 0.15) is 36.7 Å². The largest absolute Gasteiger partial charge is 0.507 e. The zero-order valence-electron chi connectivity index (χ0n) is 17.3. The summed E-state index contributed by atoms with van der Waals surface area (Å²) in [4.78, 5) is 0. The van der Waals surface area contributed by atoms with E-state index in [0.29, 0.717) is 25.5 Å². The lowest BCUT2D eigenvalue weighted by atomic mass is 10.0. The van der Waals surface area contributed by atoms with Gasteiger partial charge in [-0.15, -0.1) is 12.4 Å². The number of phenolic OH excluding ortho intramolecular Hbond substituents is 1. The fourth-order valence-electron chi connectivity index (χ4n) is 3.91. The van der Waals surface area contributed by atoms with Crippen molar-refractivity contribution in [2.24, 2.45) is 0 Å². The summed E-state index contributed by atoms with van der Waals surface area (Å²) in [6, 6.07) is 13.2. The third-order valence-corrected chi connectivity index (χ3v) is 5.13. The Balaban J connectivity index is 0.00000256. The number of hydrogen-bond donors (Lipinski definition) is 2. The quantitative estimate of drug-likeness (QED) is 0.598. The first kappa shape index (κ1) is 21.9. The smallest absolute Gasteiger partial charge is 0.163 e. The maximum atomic E-state index is 10.6. The molecule has 1 aromatic heterocycles. The van der Waals surface area contributed by atoms with Gasteiger partial charge in [0.1, 0.15) is 11.5 Å². The van der Waals surface area contributed by atoms with E-state index in [0.717, 1.165) is 34.0 Å². The second-order valence-corrected chi connectivity index (χ2v) is 6.80.